The van der Waals surface area contributed by atoms with Crippen LogP contribution < -0.4 is 0 Å². The van der Waals surface area contributed by atoms with Crippen molar-refractivity contribution in [2.45, 2.75) is 113 Å². The summed E-state index contributed by atoms with van der Waals surface area (Å²) >= 11 is 0. The molecule has 0 saturated carbocycles. The fourth-order valence-corrected chi connectivity index (χ4v) is 2.33. The molecule has 0 spiro atoms. The molecule has 0 aromatic heterocycles. The van der Waals surface area contributed by atoms with Crippen LogP contribution in [0.3, 0.4) is 0 Å². The molecule has 0 aromatic rings. The molecule has 0 heterocycles. The van der Waals surface area contributed by atoms with E-state index in [0.29, 0.717) is 13.2 Å². The van der Waals surface area contributed by atoms with E-state index < -0.39 is 12.1 Å². The summed E-state index contributed by atoms with van der Waals surface area (Å²) in [6.45, 7) is 17.1. The van der Waals surface area contributed by atoms with Crippen molar-refractivity contribution in [3.8, 4) is 0 Å². The third-order valence-electron chi connectivity index (χ3n) is 4.72. The minimum absolute atomic E-state index is 0.0341. The first-order valence-corrected chi connectivity index (χ1v) is 12.7. The predicted octanol–water partition coefficient (Wildman–Crippen LogP) is 4.88. The van der Waals surface area contributed by atoms with Gasteiger partial charge >= 0.3 is 5.97 Å². The molecule has 7 heteroatoms. The summed E-state index contributed by atoms with van der Waals surface area (Å²) in [6, 6.07) is 0. The predicted molar refractivity (Wildman–Crippen MR) is 137 cm³/mol. The van der Waals surface area contributed by atoms with E-state index >= 15 is 0 Å². The van der Waals surface area contributed by atoms with Gasteiger partial charge in [-0.2, -0.15) is 0 Å². The van der Waals surface area contributed by atoms with Crippen molar-refractivity contribution in [1.29, 1.82) is 0 Å². The van der Waals surface area contributed by atoms with E-state index in [9.17, 15) is 9.90 Å². The van der Waals surface area contributed by atoms with Gasteiger partial charge in [-0.3, -0.25) is 4.79 Å². The number of aliphatic carboxylic acids is 1. The molecule has 33 heavy (non-hydrogen) atoms. The Morgan fingerprint density at radius 1 is 0.788 bits per heavy atom. The van der Waals surface area contributed by atoms with Gasteiger partial charge in [-0.25, -0.2) is 0 Å². The van der Waals surface area contributed by atoms with Gasteiger partial charge in [0.15, 0.2) is 0 Å². The highest BCUT2D eigenvalue weighted by Gasteiger charge is 2.28. The maximum atomic E-state index is 9.70. The monoisotopic (exact) mass is 482 g/mol. The van der Waals surface area contributed by atoms with Crippen LogP contribution in [-0.2, 0) is 9.53 Å². The van der Waals surface area contributed by atoms with E-state index in [1.165, 1.54) is 38.5 Å². The number of aliphatic hydroxyl groups excluding tert-OH is 4. The number of hydrogen-bond donors (Lipinski definition) is 5. The highest BCUT2D eigenvalue weighted by Crippen LogP contribution is 2.24. The Kier molecular flexibility index (Phi) is 35.1. The lowest BCUT2D eigenvalue weighted by molar-refractivity contribution is -0.140. The molecule has 1 unspecified atom stereocenters. The molecule has 7 nitrogen and oxygen atoms in total. The van der Waals surface area contributed by atoms with Crippen molar-refractivity contribution in [1.82, 2.24) is 0 Å². The largest absolute Gasteiger partial charge is 0.481 e. The molecule has 0 saturated heterocycles. The van der Waals surface area contributed by atoms with E-state index in [4.69, 9.17) is 25.2 Å². The summed E-state index contributed by atoms with van der Waals surface area (Å²) in [5.41, 5.74) is -0.367. The first-order valence-electron chi connectivity index (χ1n) is 12.7. The average molecular weight is 483 g/mol. The molecular weight excluding hydrogens is 424 g/mol. The van der Waals surface area contributed by atoms with Crippen molar-refractivity contribution in [2.75, 3.05) is 33.0 Å². The zero-order valence-corrected chi connectivity index (χ0v) is 23.0. The third kappa shape index (κ3) is 36.0. The normalized spacial score (nSPS) is 11.6. The van der Waals surface area contributed by atoms with E-state index in [1.54, 1.807) is 13.8 Å². The fourth-order valence-electron chi connectivity index (χ4n) is 2.33. The zero-order valence-electron chi connectivity index (χ0n) is 23.0. The maximum Gasteiger partial charge on any atom is 0.305 e. The fraction of sp³-hybridized carbons (Fsp3) is 0.962. The minimum atomic E-state index is -0.741. The van der Waals surface area contributed by atoms with Crippen molar-refractivity contribution < 1.29 is 35.1 Å². The van der Waals surface area contributed by atoms with Gasteiger partial charge in [-0.1, -0.05) is 93.9 Å². The molecule has 0 aliphatic carbocycles. The highest BCUT2D eigenvalue weighted by atomic mass is 16.5. The summed E-state index contributed by atoms with van der Waals surface area (Å²) in [7, 11) is 0. The smallest absolute Gasteiger partial charge is 0.305 e. The maximum absolute atomic E-state index is 9.70. The summed E-state index contributed by atoms with van der Waals surface area (Å²) in [5.74, 6) is -0.762. The van der Waals surface area contributed by atoms with E-state index in [0.717, 1.165) is 19.4 Å². The number of hydrogen-bond acceptors (Lipinski definition) is 6. The van der Waals surface area contributed by atoms with Crippen LogP contribution >= 0.6 is 0 Å². The molecule has 0 amide bonds. The number of ether oxygens (including phenoxy) is 1. The highest BCUT2D eigenvalue weighted by molar-refractivity contribution is 5.68. The van der Waals surface area contributed by atoms with Crippen molar-refractivity contribution in [2.24, 2.45) is 17.3 Å². The summed E-state index contributed by atoms with van der Waals surface area (Å²) in [5, 5.41) is 43.0. The summed E-state index contributed by atoms with van der Waals surface area (Å²) < 4.78 is 5.08. The van der Waals surface area contributed by atoms with Crippen molar-refractivity contribution in [3.05, 3.63) is 0 Å². The Morgan fingerprint density at radius 2 is 1.24 bits per heavy atom. The lowest BCUT2D eigenvalue weighted by atomic mass is 9.82. The summed E-state index contributed by atoms with van der Waals surface area (Å²) in [6.07, 6.45) is 9.21. The molecule has 204 valence electrons. The second kappa shape index (κ2) is 29.3. The number of carboxylic acid groups (broad SMARTS) is 1. The van der Waals surface area contributed by atoms with Gasteiger partial charge in [0.1, 0.15) is 0 Å². The van der Waals surface area contributed by atoms with Gasteiger partial charge in [0.2, 0.25) is 0 Å². The van der Waals surface area contributed by atoms with Crippen LogP contribution in [0.5, 0.6) is 0 Å². The molecule has 0 aliphatic rings. The van der Waals surface area contributed by atoms with Crippen molar-refractivity contribution >= 4 is 5.97 Å². The SMILES string of the molecule is CC(C)C(=O)O.CC(C)C(O)C(C)(C)CO.CCCCCCO.CCCCCCOCCO. The molecular formula is C26H58O7. The van der Waals surface area contributed by atoms with Crippen molar-refractivity contribution in [3.63, 3.8) is 0 Å². The van der Waals surface area contributed by atoms with Crippen LogP contribution in [0.4, 0.5) is 0 Å². The molecule has 5 N–H and O–H groups in total. The van der Waals surface area contributed by atoms with Gasteiger partial charge in [-0.05, 0) is 18.8 Å². The second-order valence-corrected chi connectivity index (χ2v) is 9.51. The number of carbonyl (C=O) groups is 1. The van der Waals surface area contributed by atoms with Gasteiger partial charge in [0, 0.05) is 18.6 Å². The molecule has 1 atom stereocenters. The quantitative estimate of drug-likeness (QED) is 0.210. The lowest BCUT2D eigenvalue weighted by Gasteiger charge is -2.30. The Bertz CT molecular complexity index is 360. The Balaban J connectivity index is -0.000000174. The minimum Gasteiger partial charge on any atom is -0.481 e. The average Bonchev–Trinajstić information content (AvgIpc) is 2.77. The first kappa shape index (κ1) is 39.5. The number of unbranched alkanes of at least 4 members (excludes halogenated alkanes) is 6. The van der Waals surface area contributed by atoms with Crippen LogP contribution in [-0.4, -0.2) is 70.6 Å². The van der Waals surface area contributed by atoms with Crippen LogP contribution in [0.25, 0.3) is 0 Å². The molecule has 0 fully saturated rings. The van der Waals surface area contributed by atoms with Crippen LogP contribution in [0, 0.1) is 17.3 Å². The molecule has 0 aliphatic heterocycles. The standard InChI is InChI=1S/2C8H18O2.C6H14O.C4H8O2/c1-6(2)7(10)8(3,4)5-9;1-2-3-4-5-7-10-8-6-9;1-2-3-4-5-6-7;1-3(2)4(5)6/h6-7,9-10H,5H2,1-4H3;9H,2-8H2,1H3;7H,2-6H2,1H3;3H,1-2H3,(H,5,6). The van der Waals surface area contributed by atoms with Gasteiger partial charge in [0.05, 0.1) is 31.8 Å². The number of carboxylic acids is 1. The molecule has 0 aromatic carbocycles. The van der Waals surface area contributed by atoms with Gasteiger partial charge in [-0.15, -0.1) is 0 Å². The number of aliphatic hydroxyl groups is 4. The van der Waals surface area contributed by atoms with Crippen LogP contribution in [0.2, 0.25) is 0 Å². The Hall–Kier alpha value is -0.730. The third-order valence-corrected chi connectivity index (χ3v) is 4.72. The molecule has 0 rings (SSSR count). The first-order chi connectivity index (χ1) is 15.4. The van der Waals surface area contributed by atoms with Crippen LogP contribution in [0.15, 0.2) is 0 Å². The zero-order chi connectivity index (χ0) is 26.7. The van der Waals surface area contributed by atoms with E-state index in [1.807, 2.05) is 27.7 Å². The summed E-state index contributed by atoms with van der Waals surface area (Å²) in [4.78, 5) is 9.70. The topological polar surface area (TPSA) is 127 Å². The Labute approximate surface area is 204 Å². The molecule has 0 radical (unpaired) electrons. The Morgan fingerprint density at radius 3 is 1.52 bits per heavy atom. The van der Waals surface area contributed by atoms with E-state index in [2.05, 4.69) is 13.8 Å². The van der Waals surface area contributed by atoms with Gasteiger partial charge < -0.3 is 30.3 Å². The van der Waals surface area contributed by atoms with Gasteiger partial charge in [0.25, 0.3) is 0 Å². The lowest BCUT2D eigenvalue weighted by Crippen LogP contribution is -2.36. The van der Waals surface area contributed by atoms with Crippen LogP contribution in [0.1, 0.15) is 107 Å². The number of rotatable bonds is 15. The van der Waals surface area contributed by atoms with E-state index in [-0.39, 0.29) is 30.5 Å². The molecule has 0 bridgehead atoms. The second-order valence-electron chi connectivity index (χ2n) is 9.51.